The molecule has 2 aliphatic heterocycles. The number of fused-ring (bicyclic) bond motifs is 1. The highest BCUT2D eigenvalue weighted by atomic mass is 35.5. The minimum atomic E-state index is -0.751. The van der Waals surface area contributed by atoms with E-state index < -0.39 is 17.7 Å². The van der Waals surface area contributed by atoms with E-state index in [1.807, 2.05) is 18.2 Å². The second-order valence-electron chi connectivity index (χ2n) is 8.24. The summed E-state index contributed by atoms with van der Waals surface area (Å²) >= 11 is 6.52. The van der Waals surface area contributed by atoms with Crippen molar-refractivity contribution in [3.05, 3.63) is 63.9 Å². The van der Waals surface area contributed by atoms with Crippen molar-refractivity contribution < 1.29 is 23.5 Å². The molecule has 32 heavy (non-hydrogen) atoms. The zero-order chi connectivity index (χ0) is 22.8. The molecule has 2 heterocycles. The van der Waals surface area contributed by atoms with Crippen LogP contribution in [0, 0.1) is 11.7 Å². The van der Waals surface area contributed by atoms with Crippen LogP contribution < -0.4 is 5.32 Å². The predicted molar refractivity (Wildman–Crippen MR) is 120 cm³/mol. The Kier molecular flexibility index (Phi) is 6.79. The van der Waals surface area contributed by atoms with Crippen LogP contribution in [0.15, 0.2) is 36.4 Å². The first-order chi connectivity index (χ1) is 15.4. The summed E-state index contributed by atoms with van der Waals surface area (Å²) in [7, 11) is 2.88. The lowest BCUT2D eigenvalue weighted by Crippen LogP contribution is -2.44. The largest absolute Gasteiger partial charge is 0.465 e. The van der Waals surface area contributed by atoms with Gasteiger partial charge in [-0.15, -0.1) is 0 Å². The Bertz CT molecular complexity index is 1030. The number of likely N-dealkylation sites (tertiary alicyclic amines) is 1. The van der Waals surface area contributed by atoms with Crippen LogP contribution in [0.5, 0.6) is 0 Å². The summed E-state index contributed by atoms with van der Waals surface area (Å²) < 4.78 is 24.4. The molecule has 0 aliphatic carbocycles. The third-order valence-electron chi connectivity index (χ3n) is 6.39. The van der Waals surface area contributed by atoms with Crippen LogP contribution in [0.3, 0.4) is 0 Å². The number of nitrogens with zero attached hydrogens (tertiary/aromatic N) is 1. The number of anilines is 1. The number of rotatable bonds is 6. The molecular formula is C24H26ClFN2O4. The zero-order valence-electron chi connectivity index (χ0n) is 18.1. The quantitative estimate of drug-likeness (QED) is 0.657. The maximum atomic E-state index is 14.4. The van der Waals surface area contributed by atoms with Gasteiger partial charge in [0.25, 0.3) is 0 Å². The van der Waals surface area contributed by atoms with Crippen molar-refractivity contribution in [1.29, 1.82) is 0 Å². The fourth-order valence-corrected chi connectivity index (χ4v) is 5.12. The van der Waals surface area contributed by atoms with Gasteiger partial charge in [0, 0.05) is 37.0 Å². The van der Waals surface area contributed by atoms with Gasteiger partial charge in [-0.05, 0) is 42.6 Å². The summed E-state index contributed by atoms with van der Waals surface area (Å²) in [6, 6.07) is 9.27. The monoisotopic (exact) mass is 460 g/mol. The smallest absolute Gasteiger partial charge is 0.338 e. The van der Waals surface area contributed by atoms with Crippen molar-refractivity contribution in [3.63, 3.8) is 0 Å². The first-order valence-electron chi connectivity index (χ1n) is 10.6. The Morgan fingerprint density at radius 1 is 1.28 bits per heavy atom. The van der Waals surface area contributed by atoms with Crippen molar-refractivity contribution in [3.8, 4) is 0 Å². The van der Waals surface area contributed by atoms with Gasteiger partial charge in [0.15, 0.2) is 5.78 Å². The lowest BCUT2D eigenvalue weighted by atomic mass is 9.74. The Hall–Kier alpha value is -2.48. The molecule has 1 fully saturated rings. The van der Waals surface area contributed by atoms with Gasteiger partial charge in [0.2, 0.25) is 0 Å². The van der Waals surface area contributed by atoms with Gasteiger partial charge in [-0.1, -0.05) is 29.8 Å². The molecular weight excluding hydrogens is 435 g/mol. The zero-order valence-corrected chi connectivity index (χ0v) is 18.8. The van der Waals surface area contributed by atoms with Crippen molar-refractivity contribution in [2.24, 2.45) is 5.92 Å². The number of methoxy groups -OCH3 is 2. The van der Waals surface area contributed by atoms with E-state index in [1.54, 1.807) is 13.2 Å². The van der Waals surface area contributed by atoms with E-state index in [1.165, 1.54) is 13.2 Å². The van der Waals surface area contributed by atoms with E-state index in [9.17, 15) is 14.0 Å². The third kappa shape index (κ3) is 4.25. The number of Topliss-reactive ketones (excluding diaryl/α,β-unsaturated/α-hetero) is 1. The van der Waals surface area contributed by atoms with Crippen LogP contribution in [0.1, 0.15) is 38.6 Å². The van der Waals surface area contributed by atoms with Gasteiger partial charge < -0.3 is 19.7 Å². The van der Waals surface area contributed by atoms with Gasteiger partial charge in [-0.25, -0.2) is 9.18 Å². The molecule has 0 saturated carbocycles. The van der Waals surface area contributed by atoms with Gasteiger partial charge in [0.1, 0.15) is 5.82 Å². The molecule has 4 rings (SSSR count). The summed E-state index contributed by atoms with van der Waals surface area (Å²) in [5.41, 5.74) is 1.08. The minimum Gasteiger partial charge on any atom is -0.465 e. The molecule has 0 spiro atoms. The molecule has 0 radical (unpaired) electrons. The Labute approximate surface area is 191 Å². The number of hydrogen-bond acceptors (Lipinski definition) is 6. The summed E-state index contributed by atoms with van der Waals surface area (Å²) in [6.45, 7) is 3.11. The normalized spacial score (nSPS) is 23.0. The number of hydrogen-bond donors (Lipinski definition) is 1. The fraction of sp³-hybridized carbons (Fsp3) is 0.417. The van der Waals surface area contributed by atoms with Crippen LogP contribution in [0.25, 0.3) is 0 Å². The molecule has 1 saturated heterocycles. The van der Waals surface area contributed by atoms with E-state index in [0.717, 1.165) is 32.1 Å². The SMILES string of the molecule is COCCN1CCC(C2Nc3cc(F)cc(C(=O)OC)c3C(=O)C2c2ccccc2Cl)C1. The number of carbonyl (C=O) groups is 2. The highest BCUT2D eigenvalue weighted by Gasteiger charge is 2.45. The van der Waals surface area contributed by atoms with E-state index in [0.29, 0.717) is 22.9 Å². The molecule has 8 heteroatoms. The van der Waals surface area contributed by atoms with Gasteiger partial charge >= 0.3 is 5.97 Å². The molecule has 0 bridgehead atoms. The summed E-state index contributed by atoms with van der Waals surface area (Å²) in [4.78, 5) is 28.5. The molecule has 0 amide bonds. The highest BCUT2D eigenvalue weighted by Crippen LogP contribution is 2.43. The molecule has 3 unspecified atom stereocenters. The standard InChI is InChI=1S/C24H26ClFN2O4/c1-31-10-9-28-8-7-14(13-28)22-21(16-5-3-4-6-18(16)25)23(29)20-17(24(30)32-2)11-15(26)12-19(20)27-22/h3-6,11-12,14,21-22,27H,7-10,13H2,1-2H3. The molecule has 170 valence electrons. The summed E-state index contributed by atoms with van der Waals surface area (Å²) in [5, 5.41) is 3.88. The molecule has 0 aromatic heterocycles. The van der Waals surface area contributed by atoms with E-state index in [2.05, 4.69) is 10.2 Å². The number of carbonyl (C=O) groups excluding carboxylic acids is 2. The number of benzene rings is 2. The third-order valence-corrected chi connectivity index (χ3v) is 6.73. The van der Waals surface area contributed by atoms with Crippen molar-refractivity contribution in [2.75, 3.05) is 45.8 Å². The lowest BCUT2D eigenvalue weighted by Gasteiger charge is -2.38. The lowest BCUT2D eigenvalue weighted by molar-refractivity contribution is 0.0595. The van der Waals surface area contributed by atoms with Crippen LogP contribution >= 0.6 is 11.6 Å². The predicted octanol–water partition coefficient (Wildman–Crippen LogP) is 3.99. The van der Waals surface area contributed by atoms with Crippen LogP contribution in [0.2, 0.25) is 5.02 Å². The van der Waals surface area contributed by atoms with Gasteiger partial charge in [0.05, 0.1) is 30.8 Å². The number of halogens is 2. The highest BCUT2D eigenvalue weighted by molar-refractivity contribution is 6.32. The van der Waals surface area contributed by atoms with E-state index in [-0.39, 0.29) is 28.9 Å². The first kappa shape index (κ1) is 22.7. The van der Waals surface area contributed by atoms with Crippen LogP contribution in [-0.2, 0) is 9.47 Å². The van der Waals surface area contributed by atoms with Gasteiger partial charge in [-0.2, -0.15) is 0 Å². The van der Waals surface area contributed by atoms with Gasteiger partial charge in [-0.3, -0.25) is 4.79 Å². The van der Waals surface area contributed by atoms with Crippen LogP contribution in [-0.4, -0.2) is 63.2 Å². The summed E-state index contributed by atoms with van der Waals surface area (Å²) in [6.07, 6.45) is 0.879. The molecule has 3 atom stereocenters. The average molecular weight is 461 g/mol. The van der Waals surface area contributed by atoms with Crippen molar-refractivity contribution in [2.45, 2.75) is 18.4 Å². The fourth-order valence-electron chi connectivity index (χ4n) is 4.87. The van der Waals surface area contributed by atoms with Crippen LogP contribution in [0.4, 0.5) is 10.1 Å². The Balaban J connectivity index is 1.78. The minimum absolute atomic E-state index is 0.0800. The molecule has 2 aliphatic rings. The summed E-state index contributed by atoms with van der Waals surface area (Å²) in [5.74, 6) is -2.09. The van der Waals surface area contributed by atoms with E-state index in [4.69, 9.17) is 21.1 Å². The molecule has 2 aromatic carbocycles. The molecule has 1 N–H and O–H groups in total. The maximum absolute atomic E-state index is 14.4. The first-order valence-corrected chi connectivity index (χ1v) is 11.0. The number of ketones is 1. The maximum Gasteiger partial charge on any atom is 0.338 e. The molecule has 2 aromatic rings. The van der Waals surface area contributed by atoms with Crippen molar-refractivity contribution in [1.82, 2.24) is 4.90 Å². The number of ether oxygens (including phenoxy) is 2. The van der Waals surface area contributed by atoms with E-state index >= 15 is 0 Å². The second-order valence-corrected chi connectivity index (χ2v) is 8.65. The molecule has 6 nitrogen and oxygen atoms in total. The second kappa shape index (κ2) is 9.57. The number of esters is 1. The average Bonchev–Trinajstić information content (AvgIpc) is 3.26. The Morgan fingerprint density at radius 2 is 2.06 bits per heavy atom. The Morgan fingerprint density at radius 3 is 2.78 bits per heavy atom. The van der Waals surface area contributed by atoms with Crippen molar-refractivity contribution >= 4 is 29.0 Å². The number of nitrogens with one attached hydrogen (secondary N) is 1. The topological polar surface area (TPSA) is 67.9 Å².